The number of fused-ring (bicyclic) bond motifs is 1. The molecular weight excluding hydrogens is 380 g/mol. The molecule has 0 radical (unpaired) electrons. The number of thioether (sulfide) groups is 1. The maximum atomic E-state index is 11.5. The van der Waals surface area contributed by atoms with E-state index in [1.54, 1.807) is 30.9 Å². The molecule has 1 aromatic carbocycles. The number of aliphatic imine (C=N–C) groups is 1. The summed E-state index contributed by atoms with van der Waals surface area (Å²) < 4.78 is 5.47. The summed E-state index contributed by atoms with van der Waals surface area (Å²) in [5, 5.41) is 23.1. The average Bonchev–Trinajstić information content (AvgIpc) is 3.20. The van der Waals surface area contributed by atoms with E-state index in [1.807, 2.05) is 18.2 Å². The third-order valence-corrected chi connectivity index (χ3v) is 5.90. The third-order valence-electron chi connectivity index (χ3n) is 4.80. The summed E-state index contributed by atoms with van der Waals surface area (Å²) in [6.07, 6.45) is 1.72. The molecule has 146 valence electrons. The summed E-state index contributed by atoms with van der Waals surface area (Å²) in [5.74, 6) is -0.340. The lowest BCUT2D eigenvalue weighted by atomic mass is 9.95. The van der Waals surface area contributed by atoms with Gasteiger partial charge in [-0.15, -0.1) is 0 Å². The maximum absolute atomic E-state index is 11.5. The van der Waals surface area contributed by atoms with Crippen molar-refractivity contribution in [3.8, 4) is 11.5 Å². The SMILES string of the molecule is CCOc1cc([C@@H]2[C@@H](c3ccccn3)N=C3S[C@@H](C)CN32)cc([N+](=O)[O-])c1O. The number of amidine groups is 1. The molecule has 0 amide bonds. The fraction of sp³-hybridized carbons (Fsp3) is 0.368. The molecule has 2 aromatic rings. The number of pyridine rings is 1. The quantitative estimate of drug-likeness (QED) is 0.603. The van der Waals surface area contributed by atoms with Gasteiger partial charge in [-0.25, -0.2) is 0 Å². The Morgan fingerprint density at radius 3 is 2.93 bits per heavy atom. The standard InChI is InChI=1S/C19H20N4O4S/c1-3-27-15-9-12(8-14(18(15)24)23(25)26)17-16(13-6-4-5-7-20-13)21-19-22(17)10-11(2)28-19/h4-9,11,16-17,24H,3,10H2,1-2H3/t11-,16+,17+/m0/s1. The minimum absolute atomic E-state index is 0.111. The third kappa shape index (κ3) is 3.15. The van der Waals surface area contributed by atoms with Gasteiger partial charge in [0.1, 0.15) is 6.04 Å². The number of phenolic OH excluding ortho intramolecular Hbond substituents is 1. The fourth-order valence-corrected chi connectivity index (χ4v) is 4.76. The molecule has 1 fully saturated rings. The number of hydrogen-bond donors (Lipinski definition) is 1. The summed E-state index contributed by atoms with van der Waals surface area (Å²) in [4.78, 5) is 22.4. The Labute approximate surface area is 166 Å². The molecular formula is C19H20N4O4S. The second-order valence-electron chi connectivity index (χ2n) is 6.71. The number of benzene rings is 1. The average molecular weight is 400 g/mol. The van der Waals surface area contributed by atoms with E-state index in [0.29, 0.717) is 17.4 Å². The maximum Gasteiger partial charge on any atom is 0.315 e. The van der Waals surface area contributed by atoms with E-state index in [9.17, 15) is 15.2 Å². The van der Waals surface area contributed by atoms with E-state index in [4.69, 9.17) is 9.73 Å². The van der Waals surface area contributed by atoms with Crippen molar-refractivity contribution in [1.29, 1.82) is 0 Å². The molecule has 0 aliphatic carbocycles. The van der Waals surface area contributed by atoms with Gasteiger partial charge in [-0.05, 0) is 30.7 Å². The number of nitrogens with zero attached hydrogens (tertiary/aromatic N) is 4. The van der Waals surface area contributed by atoms with Crippen LogP contribution < -0.4 is 4.74 Å². The van der Waals surface area contributed by atoms with Crippen LogP contribution in [0.5, 0.6) is 11.5 Å². The van der Waals surface area contributed by atoms with Crippen LogP contribution in [0.3, 0.4) is 0 Å². The summed E-state index contributed by atoms with van der Waals surface area (Å²) in [5.41, 5.74) is 1.11. The zero-order chi connectivity index (χ0) is 19.8. The van der Waals surface area contributed by atoms with E-state index in [-0.39, 0.29) is 23.5 Å². The monoisotopic (exact) mass is 400 g/mol. The van der Waals surface area contributed by atoms with Crippen LogP contribution in [0.1, 0.15) is 37.2 Å². The lowest BCUT2D eigenvalue weighted by Crippen LogP contribution is -2.28. The molecule has 1 aromatic heterocycles. The van der Waals surface area contributed by atoms with Crippen LogP contribution >= 0.6 is 11.8 Å². The van der Waals surface area contributed by atoms with Gasteiger partial charge in [0.25, 0.3) is 0 Å². The highest BCUT2D eigenvalue weighted by molar-refractivity contribution is 8.14. The van der Waals surface area contributed by atoms with Gasteiger partial charge in [-0.1, -0.05) is 24.8 Å². The van der Waals surface area contributed by atoms with Crippen molar-refractivity contribution < 1.29 is 14.8 Å². The minimum atomic E-state index is -0.588. The van der Waals surface area contributed by atoms with Crippen LogP contribution in [0.25, 0.3) is 0 Å². The first-order valence-corrected chi connectivity index (χ1v) is 9.93. The van der Waals surface area contributed by atoms with Gasteiger partial charge in [-0.2, -0.15) is 0 Å². The van der Waals surface area contributed by atoms with Gasteiger partial charge in [0.05, 0.1) is 23.3 Å². The van der Waals surface area contributed by atoms with E-state index in [0.717, 1.165) is 17.4 Å². The first-order chi connectivity index (χ1) is 13.5. The van der Waals surface area contributed by atoms with Crippen LogP contribution in [0, 0.1) is 10.1 Å². The highest BCUT2D eigenvalue weighted by Gasteiger charge is 2.44. The normalized spacial score (nSPS) is 23.4. The molecule has 0 spiro atoms. The molecule has 4 rings (SSSR count). The highest BCUT2D eigenvalue weighted by Crippen LogP contribution is 2.50. The van der Waals surface area contributed by atoms with Gasteiger partial charge in [0.2, 0.25) is 5.75 Å². The molecule has 9 heteroatoms. The molecule has 1 N–H and O–H groups in total. The van der Waals surface area contributed by atoms with Crippen molar-refractivity contribution >= 4 is 22.6 Å². The summed E-state index contributed by atoms with van der Waals surface area (Å²) in [7, 11) is 0. The first kappa shape index (κ1) is 18.5. The Kier molecular flexibility index (Phi) is 4.84. The Balaban J connectivity index is 1.84. The number of nitro benzene ring substituents is 1. The molecule has 0 unspecified atom stereocenters. The van der Waals surface area contributed by atoms with Gasteiger partial charge in [0, 0.05) is 24.1 Å². The lowest BCUT2D eigenvalue weighted by molar-refractivity contribution is -0.386. The van der Waals surface area contributed by atoms with Crippen molar-refractivity contribution in [3.63, 3.8) is 0 Å². The Morgan fingerprint density at radius 2 is 2.25 bits per heavy atom. The molecule has 1 saturated heterocycles. The first-order valence-electron chi connectivity index (χ1n) is 9.05. The second kappa shape index (κ2) is 7.31. The summed E-state index contributed by atoms with van der Waals surface area (Å²) >= 11 is 1.69. The van der Waals surface area contributed by atoms with Crippen LogP contribution in [0.4, 0.5) is 5.69 Å². The molecule has 0 bridgehead atoms. The van der Waals surface area contributed by atoms with E-state index >= 15 is 0 Å². The van der Waals surface area contributed by atoms with Gasteiger partial charge >= 0.3 is 5.69 Å². The predicted octanol–water partition coefficient (Wildman–Crippen LogP) is 3.68. The van der Waals surface area contributed by atoms with E-state index in [1.165, 1.54) is 6.07 Å². The fourth-order valence-electron chi connectivity index (χ4n) is 3.67. The molecule has 3 heterocycles. The largest absolute Gasteiger partial charge is 0.500 e. The van der Waals surface area contributed by atoms with E-state index < -0.39 is 10.7 Å². The number of aromatic nitrogens is 1. The van der Waals surface area contributed by atoms with Crippen molar-refractivity contribution in [2.45, 2.75) is 31.2 Å². The second-order valence-corrected chi connectivity index (χ2v) is 8.12. The van der Waals surface area contributed by atoms with Gasteiger partial charge in [0.15, 0.2) is 10.9 Å². The Morgan fingerprint density at radius 1 is 1.43 bits per heavy atom. The highest BCUT2D eigenvalue weighted by atomic mass is 32.2. The molecule has 3 atom stereocenters. The topological polar surface area (TPSA) is 101 Å². The predicted molar refractivity (Wildman–Crippen MR) is 107 cm³/mol. The van der Waals surface area contributed by atoms with Gasteiger partial charge in [-0.3, -0.25) is 20.1 Å². The Bertz CT molecular complexity index is 937. The zero-order valence-electron chi connectivity index (χ0n) is 15.5. The minimum Gasteiger partial charge on any atom is -0.500 e. The molecule has 0 saturated carbocycles. The number of aromatic hydroxyl groups is 1. The number of phenols is 1. The van der Waals surface area contributed by atoms with Crippen molar-refractivity contribution in [3.05, 3.63) is 57.9 Å². The summed E-state index contributed by atoms with van der Waals surface area (Å²) in [6.45, 7) is 4.98. The van der Waals surface area contributed by atoms with E-state index in [2.05, 4.69) is 16.8 Å². The number of nitro groups is 1. The number of rotatable bonds is 5. The summed E-state index contributed by atoms with van der Waals surface area (Å²) in [6, 6.07) is 8.23. The lowest BCUT2D eigenvalue weighted by Gasteiger charge is -2.27. The number of ether oxygens (including phenoxy) is 1. The van der Waals surface area contributed by atoms with Gasteiger partial charge < -0.3 is 14.7 Å². The Hall–Kier alpha value is -2.81. The van der Waals surface area contributed by atoms with Crippen LogP contribution in [-0.2, 0) is 0 Å². The van der Waals surface area contributed by atoms with Crippen molar-refractivity contribution in [2.24, 2.45) is 4.99 Å². The van der Waals surface area contributed by atoms with Crippen molar-refractivity contribution in [2.75, 3.05) is 13.2 Å². The molecule has 28 heavy (non-hydrogen) atoms. The van der Waals surface area contributed by atoms with Crippen LogP contribution in [0.2, 0.25) is 0 Å². The van der Waals surface area contributed by atoms with Crippen LogP contribution in [-0.4, -0.2) is 43.5 Å². The smallest absolute Gasteiger partial charge is 0.315 e. The molecule has 8 nitrogen and oxygen atoms in total. The number of hydrogen-bond acceptors (Lipinski definition) is 8. The van der Waals surface area contributed by atoms with Crippen LogP contribution in [0.15, 0.2) is 41.5 Å². The van der Waals surface area contributed by atoms with Crippen molar-refractivity contribution in [1.82, 2.24) is 9.88 Å². The molecule has 2 aliphatic rings. The zero-order valence-corrected chi connectivity index (χ0v) is 16.3. The molecule has 2 aliphatic heterocycles.